The van der Waals surface area contributed by atoms with Gasteiger partial charge >= 0.3 is 0 Å². The number of benzene rings is 1. The molecule has 0 N–H and O–H groups in total. The highest BCUT2D eigenvalue weighted by molar-refractivity contribution is 6.83. The third-order valence-corrected chi connectivity index (χ3v) is 8.19. The van der Waals surface area contributed by atoms with E-state index in [0.29, 0.717) is 5.41 Å². The summed E-state index contributed by atoms with van der Waals surface area (Å²) >= 11 is 0. The molecule has 0 aliphatic heterocycles. The van der Waals surface area contributed by atoms with Crippen LogP contribution < -0.4 is 4.74 Å². The molecule has 0 radical (unpaired) electrons. The van der Waals surface area contributed by atoms with Crippen molar-refractivity contribution < 1.29 is 14.2 Å². The predicted molar refractivity (Wildman–Crippen MR) is 124 cm³/mol. The summed E-state index contributed by atoms with van der Waals surface area (Å²) in [6, 6.07) is 6.78. The number of rotatable bonds is 7. The van der Waals surface area contributed by atoms with E-state index in [9.17, 15) is 0 Å². The topological polar surface area (TPSA) is 27.7 Å². The lowest BCUT2D eigenvalue weighted by Crippen LogP contribution is -2.48. The van der Waals surface area contributed by atoms with Gasteiger partial charge in [-0.1, -0.05) is 31.8 Å². The minimum absolute atomic E-state index is 0.225. The maximum Gasteiger partial charge on any atom is 0.191 e. The molecule has 4 aliphatic carbocycles. The number of methoxy groups -OCH3 is 1. The summed E-state index contributed by atoms with van der Waals surface area (Å²) in [5.74, 6) is 7.18. The second-order valence-corrected chi connectivity index (χ2v) is 15.7. The molecular formula is C26H38O3Si. The molecule has 0 saturated heterocycles. The van der Waals surface area contributed by atoms with E-state index in [1.165, 1.54) is 49.7 Å². The highest BCUT2D eigenvalue weighted by Crippen LogP contribution is 2.61. The largest absolute Gasteiger partial charge is 0.467 e. The Hall–Kier alpha value is -1.28. The molecular weight excluding hydrogens is 388 g/mol. The lowest BCUT2D eigenvalue weighted by molar-refractivity contribution is -0.150. The van der Waals surface area contributed by atoms with Crippen molar-refractivity contribution in [1.82, 2.24) is 0 Å². The van der Waals surface area contributed by atoms with Gasteiger partial charge in [-0.2, -0.15) is 0 Å². The fourth-order valence-corrected chi connectivity index (χ4v) is 6.96. The molecule has 3 nitrogen and oxygen atoms in total. The van der Waals surface area contributed by atoms with Crippen molar-refractivity contribution in [2.75, 3.05) is 13.9 Å². The Kier molecular flexibility index (Phi) is 6.35. The van der Waals surface area contributed by atoms with Gasteiger partial charge in [0.25, 0.3) is 0 Å². The SMILES string of the molecule is COC(C)OCOc1ccc(CC#C[Si](C)(C)C)cc1C12CC3CC(CC(C3)C1)C2. The van der Waals surface area contributed by atoms with Crippen LogP contribution in [0.25, 0.3) is 0 Å². The highest BCUT2D eigenvalue weighted by atomic mass is 28.3. The van der Waals surface area contributed by atoms with Crippen LogP contribution in [0.1, 0.15) is 56.6 Å². The molecule has 4 aliphatic rings. The van der Waals surface area contributed by atoms with Gasteiger partial charge in [0.1, 0.15) is 13.8 Å². The van der Waals surface area contributed by atoms with Gasteiger partial charge in [0, 0.05) is 19.1 Å². The molecule has 0 heterocycles. The Balaban J connectivity index is 1.61. The molecule has 1 unspecified atom stereocenters. The van der Waals surface area contributed by atoms with Gasteiger partial charge in [-0.3, -0.25) is 0 Å². The van der Waals surface area contributed by atoms with Gasteiger partial charge in [0.15, 0.2) is 13.1 Å². The Morgan fingerprint density at radius 3 is 2.27 bits per heavy atom. The van der Waals surface area contributed by atoms with Crippen molar-refractivity contribution in [1.29, 1.82) is 0 Å². The molecule has 1 aromatic carbocycles. The molecule has 1 atom stereocenters. The van der Waals surface area contributed by atoms with E-state index in [2.05, 4.69) is 49.3 Å². The normalized spacial score (nSPS) is 30.6. The van der Waals surface area contributed by atoms with Crippen LogP contribution in [0, 0.1) is 29.2 Å². The van der Waals surface area contributed by atoms with Crippen LogP contribution in [0.5, 0.6) is 5.75 Å². The van der Waals surface area contributed by atoms with E-state index in [1.54, 1.807) is 7.11 Å². The minimum Gasteiger partial charge on any atom is -0.467 e. The lowest BCUT2D eigenvalue weighted by Gasteiger charge is -2.57. The molecule has 4 fully saturated rings. The van der Waals surface area contributed by atoms with Crippen molar-refractivity contribution in [2.24, 2.45) is 17.8 Å². The molecule has 4 bridgehead atoms. The maximum absolute atomic E-state index is 6.18. The maximum atomic E-state index is 6.18. The van der Waals surface area contributed by atoms with Crippen molar-refractivity contribution in [3.05, 3.63) is 29.3 Å². The van der Waals surface area contributed by atoms with E-state index in [1.807, 2.05) is 6.92 Å². The molecule has 164 valence electrons. The molecule has 0 spiro atoms. The first-order valence-corrected chi connectivity index (χ1v) is 15.2. The zero-order valence-electron chi connectivity index (χ0n) is 19.4. The number of hydrogen-bond acceptors (Lipinski definition) is 3. The van der Waals surface area contributed by atoms with Crippen LogP contribution in [0.15, 0.2) is 18.2 Å². The Labute approximate surface area is 183 Å². The van der Waals surface area contributed by atoms with Crippen LogP contribution in [0.3, 0.4) is 0 Å². The van der Waals surface area contributed by atoms with Crippen LogP contribution in [0.2, 0.25) is 19.6 Å². The van der Waals surface area contributed by atoms with E-state index in [4.69, 9.17) is 14.2 Å². The van der Waals surface area contributed by atoms with Crippen molar-refractivity contribution in [3.8, 4) is 17.2 Å². The summed E-state index contributed by atoms with van der Waals surface area (Å²) in [5, 5.41) is 0. The standard InChI is InChI=1S/C26H38O3Si/c1-19(27-2)28-18-29-25-9-8-20(7-6-10-30(3,4)5)14-24(25)26-15-21-11-22(16-26)13-23(12-21)17-26/h8-9,14,19,21-23H,7,11-13,15-18H2,1-5H3. The zero-order valence-corrected chi connectivity index (χ0v) is 20.4. The van der Waals surface area contributed by atoms with Crippen LogP contribution in [0.4, 0.5) is 0 Å². The van der Waals surface area contributed by atoms with Crippen LogP contribution >= 0.6 is 0 Å². The second kappa shape index (κ2) is 8.69. The summed E-state index contributed by atoms with van der Waals surface area (Å²) in [7, 11) is 0.315. The summed E-state index contributed by atoms with van der Waals surface area (Å²) in [6.07, 6.45) is 8.91. The van der Waals surface area contributed by atoms with Gasteiger partial charge in [-0.25, -0.2) is 0 Å². The molecule has 1 aromatic rings. The first-order valence-electron chi connectivity index (χ1n) is 11.7. The smallest absolute Gasteiger partial charge is 0.191 e. The van der Waals surface area contributed by atoms with Crippen molar-refractivity contribution in [3.63, 3.8) is 0 Å². The molecule has 0 amide bonds. The Morgan fingerprint density at radius 2 is 1.70 bits per heavy atom. The van der Waals surface area contributed by atoms with E-state index >= 15 is 0 Å². The minimum atomic E-state index is -1.34. The van der Waals surface area contributed by atoms with Crippen LogP contribution in [-0.2, 0) is 21.3 Å². The zero-order chi connectivity index (χ0) is 21.4. The van der Waals surface area contributed by atoms with E-state index < -0.39 is 8.07 Å². The fourth-order valence-electron chi connectivity index (χ4n) is 6.34. The first kappa shape index (κ1) is 21.9. The predicted octanol–water partition coefficient (Wildman–Crippen LogP) is 5.92. The summed E-state index contributed by atoms with van der Waals surface area (Å²) in [6.45, 7) is 9.03. The van der Waals surface area contributed by atoms with Gasteiger partial charge in [-0.15, -0.1) is 11.5 Å². The first-order chi connectivity index (χ1) is 14.3. The average molecular weight is 427 g/mol. The lowest BCUT2D eigenvalue weighted by atomic mass is 9.48. The molecule has 4 heteroatoms. The van der Waals surface area contributed by atoms with Gasteiger partial charge in [0.2, 0.25) is 0 Å². The van der Waals surface area contributed by atoms with Crippen LogP contribution in [-0.4, -0.2) is 28.3 Å². The quantitative estimate of drug-likeness (QED) is 0.307. The number of hydrogen-bond donors (Lipinski definition) is 0. The molecule has 0 aromatic heterocycles. The molecule has 4 saturated carbocycles. The summed E-state index contributed by atoms with van der Waals surface area (Å²) in [4.78, 5) is 0. The van der Waals surface area contributed by atoms with E-state index in [0.717, 1.165) is 29.9 Å². The fraction of sp³-hybridized carbons (Fsp3) is 0.692. The van der Waals surface area contributed by atoms with Crippen molar-refractivity contribution in [2.45, 2.75) is 83.2 Å². The van der Waals surface area contributed by atoms with Crippen molar-refractivity contribution >= 4 is 8.07 Å². The second-order valence-electron chi connectivity index (χ2n) is 11.0. The van der Waals surface area contributed by atoms with Gasteiger partial charge in [0.05, 0.1) is 0 Å². The Bertz CT molecular complexity index is 779. The Morgan fingerprint density at radius 1 is 1.07 bits per heavy atom. The molecule has 30 heavy (non-hydrogen) atoms. The monoisotopic (exact) mass is 426 g/mol. The third kappa shape index (κ3) is 4.95. The molecule has 5 rings (SSSR count). The van der Waals surface area contributed by atoms with Gasteiger partial charge in [-0.05, 0) is 80.2 Å². The summed E-state index contributed by atoms with van der Waals surface area (Å²) < 4.78 is 17.0. The van der Waals surface area contributed by atoms with Gasteiger partial charge < -0.3 is 14.2 Å². The highest BCUT2D eigenvalue weighted by Gasteiger charge is 2.52. The summed E-state index contributed by atoms with van der Waals surface area (Å²) in [5.41, 5.74) is 6.55. The average Bonchev–Trinajstić information content (AvgIpc) is 2.66. The van der Waals surface area contributed by atoms with E-state index in [-0.39, 0.29) is 13.1 Å². The third-order valence-electron chi connectivity index (χ3n) is 7.26. The number of ether oxygens (including phenoxy) is 3.